The summed E-state index contributed by atoms with van der Waals surface area (Å²) in [5.74, 6) is 3.06. The van der Waals surface area contributed by atoms with E-state index < -0.39 is 0 Å². The van der Waals surface area contributed by atoms with Crippen LogP contribution < -0.4 is 10.1 Å². The lowest BCUT2D eigenvalue weighted by molar-refractivity contribution is 0.0781. The monoisotopic (exact) mass is 364 g/mol. The minimum Gasteiger partial charge on any atom is -0.493 e. The van der Waals surface area contributed by atoms with Gasteiger partial charge in [0, 0.05) is 31.7 Å². The van der Waals surface area contributed by atoms with Gasteiger partial charge in [0.15, 0.2) is 0 Å². The molecule has 1 amide bonds. The molecule has 0 bridgehead atoms. The molecule has 1 saturated carbocycles. The maximum atomic E-state index is 12.7. The van der Waals surface area contributed by atoms with Crippen molar-refractivity contribution in [2.45, 2.75) is 32.1 Å². The van der Waals surface area contributed by atoms with E-state index in [4.69, 9.17) is 4.74 Å². The van der Waals surface area contributed by atoms with Gasteiger partial charge < -0.3 is 15.0 Å². The van der Waals surface area contributed by atoms with Crippen molar-refractivity contribution in [1.29, 1.82) is 0 Å². The topological polar surface area (TPSA) is 41.6 Å². The molecule has 138 valence electrons. The maximum Gasteiger partial charge on any atom is 0.253 e. The fourth-order valence-corrected chi connectivity index (χ4v) is 4.47. The van der Waals surface area contributed by atoms with Crippen LogP contribution in [0.2, 0.25) is 0 Å². The highest BCUT2D eigenvalue weighted by Crippen LogP contribution is 2.28. The van der Waals surface area contributed by atoms with Crippen LogP contribution in [0, 0.1) is 17.8 Å². The molecule has 3 aliphatic rings. The molecule has 5 heteroatoms. The van der Waals surface area contributed by atoms with Crippen molar-refractivity contribution in [2.24, 2.45) is 17.8 Å². The third-order valence-electron chi connectivity index (χ3n) is 5.99. The minimum atomic E-state index is 0. The van der Waals surface area contributed by atoms with E-state index >= 15 is 0 Å². The highest BCUT2D eigenvalue weighted by atomic mass is 35.5. The molecule has 2 aliphatic heterocycles. The van der Waals surface area contributed by atoms with Gasteiger partial charge in [-0.25, -0.2) is 0 Å². The SMILES string of the molecule is Cl.O=C(c1ccc(OCC2CCCCC2)cc1)N1C[C@H]2CNC[C@H]2C1. The van der Waals surface area contributed by atoms with E-state index in [2.05, 4.69) is 5.32 Å². The molecule has 0 unspecified atom stereocenters. The average Bonchev–Trinajstić information content (AvgIpc) is 3.23. The lowest BCUT2D eigenvalue weighted by atomic mass is 9.90. The third kappa shape index (κ3) is 4.29. The summed E-state index contributed by atoms with van der Waals surface area (Å²) in [7, 11) is 0. The van der Waals surface area contributed by atoms with Crippen LogP contribution in [0.1, 0.15) is 42.5 Å². The molecule has 1 N–H and O–H groups in total. The molecule has 4 rings (SSSR count). The molecule has 0 aromatic heterocycles. The third-order valence-corrected chi connectivity index (χ3v) is 5.99. The summed E-state index contributed by atoms with van der Waals surface area (Å²) in [6, 6.07) is 7.75. The summed E-state index contributed by atoms with van der Waals surface area (Å²) in [4.78, 5) is 14.7. The summed E-state index contributed by atoms with van der Waals surface area (Å²) in [5.41, 5.74) is 0.785. The normalized spacial score (nSPS) is 26.2. The predicted molar refractivity (Wildman–Crippen MR) is 102 cm³/mol. The largest absolute Gasteiger partial charge is 0.493 e. The Balaban J connectivity index is 0.00000182. The number of benzene rings is 1. The second-order valence-corrected chi connectivity index (χ2v) is 7.73. The quantitative estimate of drug-likeness (QED) is 0.890. The van der Waals surface area contributed by atoms with E-state index in [-0.39, 0.29) is 18.3 Å². The number of hydrogen-bond donors (Lipinski definition) is 1. The van der Waals surface area contributed by atoms with Crippen molar-refractivity contribution in [1.82, 2.24) is 10.2 Å². The number of fused-ring (bicyclic) bond motifs is 1. The minimum absolute atomic E-state index is 0. The van der Waals surface area contributed by atoms with Gasteiger partial charge in [-0.05, 0) is 54.9 Å². The Morgan fingerprint density at radius 2 is 1.68 bits per heavy atom. The zero-order valence-electron chi connectivity index (χ0n) is 14.8. The molecule has 1 aromatic rings. The predicted octanol–water partition coefficient (Wildman–Crippen LogP) is 3.36. The highest BCUT2D eigenvalue weighted by Gasteiger charge is 2.38. The van der Waals surface area contributed by atoms with Gasteiger partial charge in [-0.15, -0.1) is 12.4 Å². The summed E-state index contributed by atoms with van der Waals surface area (Å²) < 4.78 is 5.93. The molecule has 25 heavy (non-hydrogen) atoms. The first-order chi connectivity index (χ1) is 11.8. The molecular formula is C20H29ClN2O2. The summed E-state index contributed by atoms with van der Waals surface area (Å²) in [5, 5.41) is 3.42. The highest BCUT2D eigenvalue weighted by molar-refractivity contribution is 5.94. The molecule has 2 heterocycles. The summed E-state index contributed by atoms with van der Waals surface area (Å²) in [6.45, 7) is 4.73. The van der Waals surface area contributed by atoms with Gasteiger partial charge in [0.25, 0.3) is 5.91 Å². The zero-order chi connectivity index (χ0) is 16.4. The van der Waals surface area contributed by atoms with Crippen molar-refractivity contribution >= 4 is 18.3 Å². The van der Waals surface area contributed by atoms with Gasteiger partial charge in [0.2, 0.25) is 0 Å². The van der Waals surface area contributed by atoms with E-state index in [1.54, 1.807) is 0 Å². The molecule has 0 spiro atoms. The summed E-state index contributed by atoms with van der Waals surface area (Å²) in [6.07, 6.45) is 6.65. The number of rotatable bonds is 4. The van der Waals surface area contributed by atoms with Crippen molar-refractivity contribution in [3.05, 3.63) is 29.8 Å². The van der Waals surface area contributed by atoms with Crippen molar-refractivity contribution in [3.8, 4) is 5.75 Å². The lowest BCUT2D eigenvalue weighted by Gasteiger charge is -2.21. The van der Waals surface area contributed by atoms with E-state index in [0.29, 0.717) is 17.8 Å². The lowest BCUT2D eigenvalue weighted by Crippen LogP contribution is -2.31. The molecule has 2 saturated heterocycles. The second-order valence-electron chi connectivity index (χ2n) is 7.73. The number of amides is 1. The Hall–Kier alpha value is -1.26. The van der Waals surface area contributed by atoms with Crippen LogP contribution >= 0.6 is 12.4 Å². The Bertz CT molecular complexity index is 560. The number of ether oxygens (including phenoxy) is 1. The molecule has 2 atom stereocenters. The van der Waals surface area contributed by atoms with Crippen LogP contribution in [-0.4, -0.2) is 43.6 Å². The van der Waals surface area contributed by atoms with Gasteiger partial charge in [0.1, 0.15) is 5.75 Å². The Morgan fingerprint density at radius 3 is 2.32 bits per heavy atom. The first-order valence-corrected chi connectivity index (χ1v) is 9.52. The van der Waals surface area contributed by atoms with Crippen LogP contribution in [0.3, 0.4) is 0 Å². The number of carbonyl (C=O) groups excluding carboxylic acids is 1. The van der Waals surface area contributed by atoms with Gasteiger partial charge in [-0.3, -0.25) is 4.79 Å². The second kappa shape index (κ2) is 8.41. The maximum absolute atomic E-state index is 12.7. The van der Waals surface area contributed by atoms with Gasteiger partial charge in [0.05, 0.1) is 6.61 Å². The van der Waals surface area contributed by atoms with E-state index in [1.165, 1.54) is 32.1 Å². The van der Waals surface area contributed by atoms with Gasteiger partial charge >= 0.3 is 0 Å². The first-order valence-electron chi connectivity index (χ1n) is 9.52. The van der Waals surface area contributed by atoms with Crippen LogP contribution in [0.4, 0.5) is 0 Å². The molecule has 4 nitrogen and oxygen atoms in total. The molecule has 3 fully saturated rings. The number of likely N-dealkylation sites (tertiary alicyclic amines) is 1. The van der Waals surface area contributed by atoms with Gasteiger partial charge in [-0.2, -0.15) is 0 Å². The number of nitrogens with zero attached hydrogens (tertiary/aromatic N) is 1. The molecule has 1 aliphatic carbocycles. The first kappa shape index (κ1) is 18.5. The van der Waals surface area contributed by atoms with E-state index in [9.17, 15) is 4.79 Å². The van der Waals surface area contributed by atoms with E-state index in [0.717, 1.165) is 44.1 Å². The standard InChI is InChI=1S/C20H28N2O2.ClH/c23-20(22-12-17-10-21-11-18(17)13-22)16-6-8-19(9-7-16)24-14-15-4-2-1-3-5-15;/h6-9,15,17-18,21H,1-5,10-14H2;1H/t17-,18+;. The molecular weight excluding hydrogens is 336 g/mol. The number of nitrogens with one attached hydrogen (secondary N) is 1. The zero-order valence-corrected chi connectivity index (χ0v) is 15.6. The fraction of sp³-hybridized carbons (Fsp3) is 0.650. The smallest absolute Gasteiger partial charge is 0.253 e. The molecule has 1 aromatic carbocycles. The Morgan fingerprint density at radius 1 is 1.04 bits per heavy atom. The van der Waals surface area contributed by atoms with Crippen LogP contribution in [0.5, 0.6) is 5.75 Å². The average molecular weight is 365 g/mol. The van der Waals surface area contributed by atoms with Crippen LogP contribution in [0.25, 0.3) is 0 Å². The van der Waals surface area contributed by atoms with Gasteiger partial charge in [-0.1, -0.05) is 19.3 Å². The summed E-state index contributed by atoms with van der Waals surface area (Å²) >= 11 is 0. The molecule has 0 radical (unpaired) electrons. The van der Waals surface area contributed by atoms with Crippen molar-refractivity contribution in [2.75, 3.05) is 32.8 Å². The van der Waals surface area contributed by atoms with Crippen molar-refractivity contribution < 1.29 is 9.53 Å². The number of hydrogen-bond acceptors (Lipinski definition) is 3. The van der Waals surface area contributed by atoms with E-state index in [1.807, 2.05) is 29.2 Å². The van der Waals surface area contributed by atoms with Crippen LogP contribution in [-0.2, 0) is 0 Å². The van der Waals surface area contributed by atoms with Crippen molar-refractivity contribution in [3.63, 3.8) is 0 Å². The Kier molecular flexibility index (Phi) is 6.24. The van der Waals surface area contributed by atoms with Crippen LogP contribution in [0.15, 0.2) is 24.3 Å². The number of carbonyl (C=O) groups is 1. The Labute approximate surface area is 156 Å². The fourth-order valence-electron chi connectivity index (χ4n) is 4.47. The number of halogens is 1.